The van der Waals surface area contributed by atoms with Crippen molar-refractivity contribution in [1.82, 2.24) is 4.90 Å². The van der Waals surface area contributed by atoms with Crippen molar-refractivity contribution in [3.05, 3.63) is 23.8 Å². The minimum atomic E-state index is -0.515. The number of nitrogens with two attached hydrogens (primary N) is 1. The van der Waals surface area contributed by atoms with E-state index in [2.05, 4.69) is 0 Å². The van der Waals surface area contributed by atoms with Gasteiger partial charge in [0.05, 0.1) is 13.2 Å². The van der Waals surface area contributed by atoms with Gasteiger partial charge in [-0.3, -0.25) is 4.79 Å². The molecule has 0 heterocycles. The van der Waals surface area contributed by atoms with Crippen molar-refractivity contribution in [2.45, 2.75) is 19.5 Å². The minimum Gasteiger partial charge on any atom is -0.504 e. The smallest absolute Gasteiger partial charge is 0.239 e. The molecule has 5 heteroatoms. The topological polar surface area (TPSA) is 75.8 Å². The molecule has 1 atom stereocenters. The highest BCUT2D eigenvalue weighted by molar-refractivity contribution is 5.80. The maximum absolute atomic E-state index is 11.6. The van der Waals surface area contributed by atoms with E-state index in [1.807, 2.05) is 0 Å². The van der Waals surface area contributed by atoms with Gasteiger partial charge in [-0.05, 0) is 24.6 Å². The highest BCUT2D eigenvalue weighted by Crippen LogP contribution is 2.26. The second-order valence-electron chi connectivity index (χ2n) is 3.99. The summed E-state index contributed by atoms with van der Waals surface area (Å²) in [6, 6.07) is 4.46. The number of phenolic OH excluding ortho intramolecular Hbond substituents is 1. The molecule has 0 radical (unpaired) electrons. The monoisotopic (exact) mass is 238 g/mol. The fourth-order valence-corrected chi connectivity index (χ4v) is 1.52. The molecule has 1 rings (SSSR count). The second kappa shape index (κ2) is 5.54. The number of phenols is 1. The number of benzene rings is 1. The molecule has 1 aromatic carbocycles. The Bertz CT molecular complexity index is 405. The zero-order valence-corrected chi connectivity index (χ0v) is 10.3. The largest absolute Gasteiger partial charge is 0.504 e. The van der Waals surface area contributed by atoms with Crippen LogP contribution in [0.2, 0.25) is 0 Å². The van der Waals surface area contributed by atoms with Gasteiger partial charge in [0, 0.05) is 13.6 Å². The molecule has 0 fully saturated rings. The molecule has 0 unspecified atom stereocenters. The van der Waals surface area contributed by atoms with Crippen LogP contribution >= 0.6 is 0 Å². The first-order valence-corrected chi connectivity index (χ1v) is 5.32. The Kier molecular flexibility index (Phi) is 4.34. The fraction of sp³-hybridized carbons (Fsp3) is 0.417. The van der Waals surface area contributed by atoms with Crippen LogP contribution in [0.5, 0.6) is 11.5 Å². The fourth-order valence-electron chi connectivity index (χ4n) is 1.52. The van der Waals surface area contributed by atoms with E-state index in [9.17, 15) is 9.90 Å². The van der Waals surface area contributed by atoms with E-state index in [0.717, 1.165) is 5.56 Å². The highest BCUT2D eigenvalue weighted by Gasteiger charge is 2.14. The first-order chi connectivity index (χ1) is 7.95. The van der Waals surface area contributed by atoms with Crippen LogP contribution in [0, 0.1) is 0 Å². The summed E-state index contributed by atoms with van der Waals surface area (Å²) < 4.78 is 5.00. The van der Waals surface area contributed by atoms with Crippen LogP contribution < -0.4 is 10.5 Å². The van der Waals surface area contributed by atoms with Gasteiger partial charge < -0.3 is 20.5 Å². The van der Waals surface area contributed by atoms with Crippen molar-refractivity contribution in [2.24, 2.45) is 5.73 Å². The quantitative estimate of drug-likeness (QED) is 0.810. The number of nitrogens with zero attached hydrogens (tertiary/aromatic N) is 1. The third kappa shape index (κ3) is 3.35. The molecular formula is C12H18N2O3. The van der Waals surface area contributed by atoms with Crippen molar-refractivity contribution in [1.29, 1.82) is 0 Å². The van der Waals surface area contributed by atoms with Gasteiger partial charge in [0.2, 0.25) is 5.91 Å². The van der Waals surface area contributed by atoms with Crippen molar-refractivity contribution in [3.63, 3.8) is 0 Å². The molecule has 0 bridgehead atoms. The van der Waals surface area contributed by atoms with E-state index in [-0.39, 0.29) is 11.7 Å². The summed E-state index contributed by atoms with van der Waals surface area (Å²) in [6.45, 7) is 2.08. The summed E-state index contributed by atoms with van der Waals surface area (Å²) in [4.78, 5) is 13.1. The Morgan fingerprint density at radius 1 is 1.59 bits per heavy atom. The Labute approximate surface area is 101 Å². The molecular weight excluding hydrogens is 220 g/mol. The first-order valence-electron chi connectivity index (χ1n) is 5.32. The van der Waals surface area contributed by atoms with E-state index < -0.39 is 6.04 Å². The van der Waals surface area contributed by atoms with Crippen LogP contribution in [-0.4, -0.2) is 36.1 Å². The number of ether oxygens (including phenoxy) is 1. The number of rotatable bonds is 4. The van der Waals surface area contributed by atoms with Crippen LogP contribution in [0.25, 0.3) is 0 Å². The molecule has 0 saturated carbocycles. The molecule has 0 aliphatic heterocycles. The summed E-state index contributed by atoms with van der Waals surface area (Å²) in [6.07, 6.45) is 0. The molecule has 0 aliphatic carbocycles. The molecule has 3 N–H and O–H groups in total. The van der Waals surface area contributed by atoms with Gasteiger partial charge in [0.25, 0.3) is 0 Å². The predicted octanol–water partition coefficient (Wildman–Crippen LogP) is 0.706. The molecule has 0 spiro atoms. The Morgan fingerprint density at radius 3 is 2.76 bits per heavy atom. The maximum Gasteiger partial charge on any atom is 0.239 e. The van der Waals surface area contributed by atoms with Gasteiger partial charge in [-0.25, -0.2) is 0 Å². The van der Waals surface area contributed by atoms with Gasteiger partial charge >= 0.3 is 0 Å². The van der Waals surface area contributed by atoms with Gasteiger partial charge in [-0.2, -0.15) is 0 Å². The van der Waals surface area contributed by atoms with E-state index >= 15 is 0 Å². The predicted molar refractivity (Wildman–Crippen MR) is 64.8 cm³/mol. The molecule has 0 saturated heterocycles. The van der Waals surface area contributed by atoms with Crippen molar-refractivity contribution >= 4 is 5.91 Å². The van der Waals surface area contributed by atoms with Crippen molar-refractivity contribution in [3.8, 4) is 11.5 Å². The van der Waals surface area contributed by atoms with E-state index in [0.29, 0.717) is 12.3 Å². The summed E-state index contributed by atoms with van der Waals surface area (Å²) in [7, 11) is 3.17. The van der Waals surface area contributed by atoms with Crippen molar-refractivity contribution in [2.75, 3.05) is 14.2 Å². The van der Waals surface area contributed by atoms with Gasteiger partial charge in [-0.1, -0.05) is 6.07 Å². The SMILES string of the molecule is COc1cc(CN(C)C(=O)[C@@H](C)N)ccc1O. The number of carbonyl (C=O) groups excluding carboxylic acids is 1. The van der Waals surface area contributed by atoms with Gasteiger partial charge in [-0.15, -0.1) is 0 Å². The normalized spacial score (nSPS) is 12.0. The highest BCUT2D eigenvalue weighted by atomic mass is 16.5. The summed E-state index contributed by atoms with van der Waals surface area (Å²) in [5, 5.41) is 9.44. The zero-order valence-electron chi connectivity index (χ0n) is 10.3. The number of likely N-dealkylation sites (N-methyl/N-ethyl adjacent to an activating group) is 1. The Morgan fingerprint density at radius 2 is 2.24 bits per heavy atom. The van der Waals surface area contributed by atoms with E-state index in [4.69, 9.17) is 10.5 Å². The van der Waals surface area contributed by atoms with Gasteiger partial charge in [0.1, 0.15) is 0 Å². The number of amides is 1. The number of aromatic hydroxyl groups is 1. The average Bonchev–Trinajstić information content (AvgIpc) is 2.30. The van der Waals surface area contributed by atoms with Crippen LogP contribution in [0.4, 0.5) is 0 Å². The van der Waals surface area contributed by atoms with Crippen LogP contribution in [0.3, 0.4) is 0 Å². The Hall–Kier alpha value is -1.75. The van der Waals surface area contributed by atoms with Crippen LogP contribution in [-0.2, 0) is 11.3 Å². The average molecular weight is 238 g/mol. The number of methoxy groups -OCH3 is 1. The van der Waals surface area contributed by atoms with Crippen LogP contribution in [0.15, 0.2) is 18.2 Å². The Balaban J connectivity index is 2.78. The summed E-state index contributed by atoms with van der Waals surface area (Å²) in [5.74, 6) is 0.346. The molecule has 0 aromatic heterocycles. The lowest BCUT2D eigenvalue weighted by molar-refractivity contribution is -0.131. The molecule has 1 amide bonds. The second-order valence-corrected chi connectivity index (χ2v) is 3.99. The summed E-state index contributed by atoms with van der Waals surface area (Å²) in [5.41, 5.74) is 6.39. The third-order valence-corrected chi connectivity index (χ3v) is 2.43. The zero-order chi connectivity index (χ0) is 13.0. The molecule has 17 heavy (non-hydrogen) atoms. The number of hydrogen-bond donors (Lipinski definition) is 2. The van der Waals surface area contributed by atoms with E-state index in [1.165, 1.54) is 12.0 Å². The molecule has 94 valence electrons. The van der Waals surface area contributed by atoms with Crippen LogP contribution in [0.1, 0.15) is 12.5 Å². The maximum atomic E-state index is 11.6. The summed E-state index contributed by atoms with van der Waals surface area (Å²) >= 11 is 0. The lowest BCUT2D eigenvalue weighted by atomic mass is 10.2. The minimum absolute atomic E-state index is 0.0809. The molecule has 0 aliphatic rings. The third-order valence-electron chi connectivity index (χ3n) is 2.43. The standard InChI is InChI=1S/C12H18N2O3/c1-8(13)12(16)14(2)7-9-4-5-10(15)11(6-9)17-3/h4-6,8,15H,7,13H2,1-3H3/t8-/m1/s1. The van der Waals surface area contributed by atoms with E-state index in [1.54, 1.807) is 32.2 Å². The lowest BCUT2D eigenvalue weighted by Crippen LogP contribution is -2.39. The van der Waals surface area contributed by atoms with Crippen molar-refractivity contribution < 1.29 is 14.6 Å². The first kappa shape index (κ1) is 13.3. The number of hydrogen-bond acceptors (Lipinski definition) is 4. The lowest BCUT2D eigenvalue weighted by Gasteiger charge is -2.19. The number of carbonyl (C=O) groups is 1. The molecule has 5 nitrogen and oxygen atoms in total. The molecule has 1 aromatic rings. The van der Waals surface area contributed by atoms with Gasteiger partial charge in [0.15, 0.2) is 11.5 Å².